The van der Waals surface area contributed by atoms with Gasteiger partial charge in [-0.25, -0.2) is 0 Å². The summed E-state index contributed by atoms with van der Waals surface area (Å²) in [5.41, 5.74) is 0. The van der Waals surface area contributed by atoms with Crippen molar-refractivity contribution in [3.8, 4) is 0 Å². The summed E-state index contributed by atoms with van der Waals surface area (Å²) >= 11 is 0. The van der Waals surface area contributed by atoms with Crippen LogP contribution >= 0.6 is 0 Å². The van der Waals surface area contributed by atoms with Crippen molar-refractivity contribution in [1.29, 1.82) is 0 Å². The van der Waals surface area contributed by atoms with Gasteiger partial charge >= 0.3 is 29.6 Å². The van der Waals surface area contributed by atoms with Crippen LogP contribution < -0.4 is 29.6 Å². The molecule has 0 aromatic rings. The first-order valence-electron chi connectivity index (χ1n) is 0.447. The molecule has 0 bridgehead atoms. The molecule has 0 fully saturated rings. The molecule has 22 valence electrons. The molecule has 0 aromatic heterocycles. The van der Waals surface area contributed by atoms with E-state index in [4.69, 9.17) is 5.11 Å². The van der Waals surface area contributed by atoms with E-state index in [0.717, 1.165) is 7.11 Å². The van der Waals surface area contributed by atoms with Crippen molar-refractivity contribution in [2.75, 3.05) is 7.11 Å². The van der Waals surface area contributed by atoms with E-state index >= 15 is 0 Å². The van der Waals surface area contributed by atoms with Gasteiger partial charge in [0.15, 0.2) is 0 Å². The second-order valence-electron chi connectivity index (χ2n) is 0. The molecular formula is C2H7NaO. The number of rotatable bonds is 0. The first-order valence-corrected chi connectivity index (χ1v) is 0.447. The minimum atomic E-state index is 0. The molecule has 1 nitrogen and oxygen atoms in total. The molecule has 0 aliphatic heterocycles. The van der Waals surface area contributed by atoms with E-state index in [1.54, 1.807) is 0 Å². The molecule has 0 aliphatic carbocycles. The predicted octanol–water partition coefficient (Wildman–Crippen LogP) is -2.94. The number of hydrogen-bond acceptors (Lipinski definition) is 1. The van der Waals surface area contributed by atoms with Crippen molar-refractivity contribution in [1.82, 2.24) is 0 Å². The van der Waals surface area contributed by atoms with Crippen molar-refractivity contribution >= 4 is 0 Å². The number of aliphatic hydroxyl groups is 1. The minimum absolute atomic E-state index is 0. The SMILES string of the molecule is CO.[CH3-].[Na+]. The molecule has 0 saturated carbocycles. The summed E-state index contributed by atoms with van der Waals surface area (Å²) in [6, 6.07) is 0. The van der Waals surface area contributed by atoms with Gasteiger partial charge in [-0.1, -0.05) is 0 Å². The van der Waals surface area contributed by atoms with Gasteiger partial charge in [-0.3, -0.25) is 0 Å². The van der Waals surface area contributed by atoms with Crippen LogP contribution in [0.5, 0.6) is 0 Å². The van der Waals surface area contributed by atoms with Crippen molar-refractivity contribution in [2.45, 2.75) is 0 Å². The Labute approximate surface area is 49.3 Å². The van der Waals surface area contributed by atoms with E-state index in [0.29, 0.717) is 0 Å². The molecule has 0 radical (unpaired) electrons. The molecule has 0 rings (SSSR count). The Morgan fingerprint density at radius 1 is 1.25 bits per heavy atom. The topological polar surface area (TPSA) is 20.2 Å². The molecule has 0 aromatic carbocycles. The van der Waals surface area contributed by atoms with Gasteiger partial charge in [-0.05, 0) is 0 Å². The van der Waals surface area contributed by atoms with Crippen LogP contribution in [0.2, 0.25) is 0 Å². The molecule has 0 unspecified atom stereocenters. The largest absolute Gasteiger partial charge is 1.00 e. The van der Waals surface area contributed by atoms with Crippen molar-refractivity contribution in [3.63, 3.8) is 0 Å². The van der Waals surface area contributed by atoms with Gasteiger partial charge in [-0.2, -0.15) is 0 Å². The summed E-state index contributed by atoms with van der Waals surface area (Å²) in [6.07, 6.45) is 0. The zero-order valence-corrected chi connectivity index (χ0v) is 5.45. The Morgan fingerprint density at radius 2 is 1.25 bits per heavy atom. The van der Waals surface area contributed by atoms with E-state index < -0.39 is 0 Å². The maximum absolute atomic E-state index is 7.00. The maximum atomic E-state index is 7.00. The Hall–Kier alpha value is 0.960. The van der Waals surface area contributed by atoms with Gasteiger partial charge in [0.05, 0.1) is 0 Å². The van der Waals surface area contributed by atoms with Crippen LogP contribution in [0.15, 0.2) is 0 Å². The third-order valence-corrected chi connectivity index (χ3v) is 0. The fourth-order valence-corrected chi connectivity index (χ4v) is 0. The second kappa shape index (κ2) is 37.6. The van der Waals surface area contributed by atoms with Crippen LogP contribution in [0.3, 0.4) is 0 Å². The van der Waals surface area contributed by atoms with Crippen molar-refractivity contribution in [2.24, 2.45) is 0 Å². The smallest absolute Gasteiger partial charge is 0.400 e. The summed E-state index contributed by atoms with van der Waals surface area (Å²) in [6.45, 7) is 0. The Bertz CT molecular complexity index is 6.00. The fourth-order valence-electron chi connectivity index (χ4n) is 0. The summed E-state index contributed by atoms with van der Waals surface area (Å²) in [4.78, 5) is 0. The predicted molar refractivity (Wildman–Crippen MR) is 14.6 cm³/mol. The monoisotopic (exact) mass is 70.0 g/mol. The third kappa shape index (κ3) is 12.3. The molecule has 4 heavy (non-hydrogen) atoms. The zero-order chi connectivity index (χ0) is 2.00. The molecule has 0 spiro atoms. The molecule has 2 heteroatoms. The average molecular weight is 70.1 g/mol. The Kier molecular flexibility index (Phi) is 191. The van der Waals surface area contributed by atoms with Gasteiger partial charge in [0, 0.05) is 7.11 Å². The fraction of sp³-hybridized carbons (Fsp3) is 0.500. The molecule has 0 heterocycles. The summed E-state index contributed by atoms with van der Waals surface area (Å²) in [5.74, 6) is 0. The average Bonchev–Trinajstić information content (AvgIpc) is 1.00. The van der Waals surface area contributed by atoms with Crippen LogP contribution in [0.1, 0.15) is 0 Å². The minimum Gasteiger partial charge on any atom is -0.400 e. The molecule has 0 aliphatic rings. The summed E-state index contributed by atoms with van der Waals surface area (Å²) in [7, 11) is 1.00. The van der Waals surface area contributed by atoms with Gasteiger partial charge in [0.2, 0.25) is 0 Å². The zero-order valence-electron chi connectivity index (χ0n) is 3.45. The van der Waals surface area contributed by atoms with E-state index in [1.807, 2.05) is 0 Å². The Balaban J connectivity index is -0.00000000500. The van der Waals surface area contributed by atoms with E-state index in [-0.39, 0.29) is 37.0 Å². The van der Waals surface area contributed by atoms with Crippen LogP contribution in [-0.2, 0) is 0 Å². The Morgan fingerprint density at radius 3 is 1.25 bits per heavy atom. The molecular weight excluding hydrogens is 63.0 g/mol. The van der Waals surface area contributed by atoms with Crippen LogP contribution in [0.25, 0.3) is 0 Å². The molecule has 0 amide bonds. The van der Waals surface area contributed by atoms with Crippen molar-refractivity contribution in [3.05, 3.63) is 7.43 Å². The molecule has 1 N–H and O–H groups in total. The third-order valence-electron chi connectivity index (χ3n) is 0. The van der Waals surface area contributed by atoms with Gasteiger partial charge in [-0.15, -0.1) is 0 Å². The van der Waals surface area contributed by atoms with Crippen LogP contribution in [0.4, 0.5) is 0 Å². The van der Waals surface area contributed by atoms with Gasteiger partial charge < -0.3 is 12.5 Å². The standard InChI is InChI=1S/CH4O.CH3.Na/c1-2;;/h2H,1H3;1H3;/q;-1;+1. The molecule has 0 saturated heterocycles. The summed E-state index contributed by atoms with van der Waals surface area (Å²) in [5, 5.41) is 7.00. The van der Waals surface area contributed by atoms with E-state index in [1.165, 1.54) is 0 Å². The van der Waals surface area contributed by atoms with E-state index in [9.17, 15) is 0 Å². The van der Waals surface area contributed by atoms with Gasteiger partial charge in [0.25, 0.3) is 0 Å². The normalized spacial score (nSPS) is 1.50. The summed E-state index contributed by atoms with van der Waals surface area (Å²) < 4.78 is 0. The number of hydrogen-bond donors (Lipinski definition) is 1. The number of aliphatic hydroxyl groups excluding tert-OH is 1. The van der Waals surface area contributed by atoms with Crippen molar-refractivity contribution < 1.29 is 34.7 Å². The molecule has 0 atom stereocenters. The van der Waals surface area contributed by atoms with Crippen LogP contribution in [-0.4, -0.2) is 12.2 Å². The van der Waals surface area contributed by atoms with Crippen LogP contribution in [0, 0.1) is 7.43 Å². The first-order chi connectivity index (χ1) is 1.00. The second-order valence-corrected chi connectivity index (χ2v) is 0. The van der Waals surface area contributed by atoms with E-state index in [2.05, 4.69) is 0 Å². The first kappa shape index (κ1) is 20.2. The quantitative estimate of drug-likeness (QED) is 0.239. The maximum Gasteiger partial charge on any atom is 1.00 e. The van der Waals surface area contributed by atoms with Gasteiger partial charge in [0.1, 0.15) is 0 Å².